The van der Waals surface area contributed by atoms with Crippen LogP contribution in [0.15, 0.2) is 66.7 Å². The maximum atomic E-state index is 15.7. The molecule has 3 amide bonds. The topological polar surface area (TPSA) is 108 Å². The van der Waals surface area contributed by atoms with Gasteiger partial charge in [0.15, 0.2) is 0 Å². The minimum Gasteiger partial charge on any atom is -0.488 e. The fourth-order valence-electron chi connectivity index (χ4n) is 4.26. The number of benzene rings is 3. The minimum atomic E-state index is -1.98. The normalized spacial score (nSPS) is 16.7. The summed E-state index contributed by atoms with van der Waals surface area (Å²) in [5, 5.41) is 14.7. The van der Waals surface area contributed by atoms with E-state index in [1.54, 1.807) is 24.3 Å². The predicted octanol–water partition coefficient (Wildman–Crippen LogP) is 5.90. The number of nitrogens with zero attached hydrogens (tertiary/aromatic N) is 1. The molecule has 8 nitrogen and oxygen atoms in total. The summed E-state index contributed by atoms with van der Waals surface area (Å²) < 4.78 is 21.3. The van der Waals surface area contributed by atoms with Gasteiger partial charge in [-0.15, -0.1) is 0 Å². The number of amides is 3. The lowest BCUT2D eigenvalue weighted by molar-refractivity contribution is -0.144. The van der Waals surface area contributed by atoms with Crippen LogP contribution >= 0.6 is 11.6 Å². The van der Waals surface area contributed by atoms with Crippen LogP contribution in [0.25, 0.3) is 0 Å². The number of para-hydroxylation sites is 1. The summed E-state index contributed by atoms with van der Waals surface area (Å²) in [6.45, 7) is 1.76. The Morgan fingerprint density at radius 1 is 1.05 bits per heavy atom. The SMILES string of the molecule is Cc1ccccc1NC(=O)Nc1ccc(CC(=O)N2CCC[C@]2(F)COc2ccc(C(=O)O)cc2)cc1Cl. The van der Waals surface area contributed by atoms with Crippen LogP contribution in [-0.2, 0) is 11.2 Å². The number of carboxylic acids is 1. The number of rotatable bonds is 8. The summed E-state index contributed by atoms with van der Waals surface area (Å²) in [6.07, 6.45) is 0.545. The molecule has 10 heteroatoms. The van der Waals surface area contributed by atoms with Crippen LogP contribution in [0.2, 0.25) is 5.02 Å². The smallest absolute Gasteiger partial charge is 0.335 e. The van der Waals surface area contributed by atoms with Gasteiger partial charge in [-0.1, -0.05) is 35.9 Å². The third-order valence-electron chi connectivity index (χ3n) is 6.32. The van der Waals surface area contributed by atoms with Gasteiger partial charge in [0.1, 0.15) is 12.4 Å². The first kappa shape index (κ1) is 26.9. The lowest BCUT2D eigenvalue weighted by Crippen LogP contribution is -2.48. The predicted molar refractivity (Wildman–Crippen MR) is 143 cm³/mol. The van der Waals surface area contributed by atoms with E-state index in [9.17, 15) is 14.4 Å². The fourth-order valence-corrected chi connectivity index (χ4v) is 4.51. The van der Waals surface area contributed by atoms with Crippen molar-refractivity contribution >= 4 is 40.9 Å². The Morgan fingerprint density at radius 2 is 1.76 bits per heavy atom. The number of urea groups is 1. The molecule has 198 valence electrons. The number of aromatic carboxylic acids is 1. The number of aryl methyl sites for hydroxylation is 1. The molecule has 1 aliphatic heterocycles. The molecule has 1 fully saturated rings. The van der Waals surface area contributed by atoms with Gasteiger partial charge in [-0.05, 0) is 66.9 Å². The number of likely N-dealkylation sites (tertiary alicyclic amines) is 1. The molecule has 1 saturated heterocycles. The summed E-state index contributed by atoms with van der Waals surface area (Å²) in [5.41, 5.74) is 2.62. The first-order chi connectivity index (χ1) is 18.1. The quantitative estimate of drug-likeness (QED) is 0.309. The maximum Gasteiger partial charge on any atom is 0.335 e. The van der Waals surface area contributed by atoms with Gasteiger partial charge < -0.3 is 25.4 Å². The second-order valence-corrected chi connectivity index (χ2v) is 9.48. The molecule has 1 aliphatic rings. The Labute approximate surface area is 224 Å². The molecular weight excluding hydrogens is 513 g/mol. The summed E-state index contributed by atoms with van der Waals surface area (Å²) >= 11 is 6.36. The highest BCUT2D eigenvalue weighted by molar-refractivity contribution is 6.33. The zero-order valence-corrected chi connectivity index (χ0v) is 21.4. The molecule has 0 unspecified atom stereocenters. The number of nitrogens with one attached hydrogen (secondary N) is 2. The van der Waals surface area contributed by atoms with E-state index in [-0.39, 0.29) is 36.6 Å². The Balaban J connectivity index is 1.35. The maximum absolute atomic E-state index is 15.7. The lowest BCUT2D eigenvalue weighted by atomic mass is 10.1. The van der Waals surface area contributed by atoms with Gasteiger partial charge in [0.2, 0.25) is 11.7 Å². The van der Waals surface area contributed by atoms with E-state index in [0.717, 1.165) is 5.56 Å². The second kappa shape index (κ2) is 11.5. The highest BCUT2D eigenvalue weighted by atomic mass is 35.5. The van der Waals surface area contributed by atoms with E-state index in [1.165, 1.54) is 29.2 Å². The van der Waals surface area contributed by atoms with Crippen molar-refractivity contribution in [1.29, 1.82) is 0 Å². The van der Waals surface area contributed by atoms with Crippen molar-refractivity contribution in [1.82, 2.24) is 4.90 Å². The average Bonchev–Trinajstić information content (AvgIpc) is 3.28. The number of hydrogen-bond acceptors (Lipinski definition) is 4. The monoisotopic (exact) mass is 539 g/mol. The Hall–Kier alpha value is -4.11. The van der Waals surface area contributed by atoms with Gasteiger partial charge in [0.25, 0.3) is 0 Å². The van der Waals surface area contributed by atoms with E-state index in [2.05, 4.69) is 10.6 Å². The third-order valence-corrected chi connectivity index (χ3v) is 6.63. The molecule has 0 spiro atoms. The molecule has 0 radical (unpaired) electrons. The van der Waals surface area contributed by atoms with E-state index in [4.69, 9.17) is 21.4 Å². The van der Waals surface area contributed by atoms with Crippen molar-refractivity contribution in [3.8, 4) is 5.75 Å². The number of ether oxygens (including phenoxy) is 1. The standard InChI is InChI=1S/C28H27ClFN3O5/c1-18-5-2-3-6-23(18)31-27(37)32-24-12-7-19(15-22(24)29)16-25(34)33-14-4-13-28(33,30)17-38-21-10-8-20(9-11-21)26(35)36/h2-3,5-12,15H,4,13-14,16-17H2,1H3,(H,35,36)(H2,31,32,37)/t28-/m1/s1. The van der Waals surface area contributed by atoms with Crippen LogP contribution in [-0.4, -0.2) is 46.9 Å². The van der Waals surface area contributed by atoms with Crippen molar-refractivity contribution in [3.63, 3.8) is 0 Å². The van der Waals surface area contributed by atoms with Crippen LogP contribution in [0, 0.1) is 6.92 Å². The van der Waals surface area contributed by atoms with Crippen LogP contribution in [0.3, 0.4) is 0 Å². The van der Waals surface area contributed by atoms with E-state index >= 15 is 4.39 Å². The largest absolute Gasteiger partial charge is 0.488 e. The molecule has 0 bridgehead atoms. The molecule has 0 aromatic heterocycles. The number of carbonyl (C=O) groups excluding carboxylic acids is 2. The van der Waals surface area contributed by atoms with Crippen molar-refractivity contribution in [2.75, 3.05) is 23.8 Å². The average molecular weight is 540 g/mol. The van der Waals surface area contributed by atoms with Crippen LogP contribution in [0.4, 0.5) is 20.6 Å². The van der Waals surface area contributed by atoms with E-state index < -0.39 is 23.7 Å². The Bertz CT molecular complexity index is 1350. The number of alkyl halides is 1. The zero-order chi connectivity index (χ0) is 27.3. The molecule has 1 atom stereocenters. The lowest BCUT2D eigenvalue weighted by Gasteiger charge is -2.31. The number of carbonyl (C=O) groups is 3. The van der Waals surface area contributed by atoms with Crippen molar-refractivity contribution in [2.24, 2.45) is 0 Å². The van der Waals surface area contributed by atoms with Crippen molar-refractivity contribution < 1.29 is 28.6 Å². The Morgan fingerprint density at radius 3 is 2.45 bits per heavy atom. The van der Waals surface area contributed by atoms with Crippen molar-refractivity contribution in [2.45, 2.75) is 32.0 Å². The molecule has 3 N–H and O–H groups in total. The summed E-state index contributed by atoms with van der Waals surface area (Å²) in [7, 11) is 0. The van der Waals surface area contributed by atoms with Crippen molar-refractivity contribution in [3.05, 3.63) is 88.4 Å². The Kier molecular flexibility index (Phi) is 8.16. The molecule has 0 aliphatic carbocycles. The molecule has 3 aromatic rings. The molecular formula is C28H27ClFN3O5. The van der Waals surface area contributed by atoms with Gasteiger partial charge >= 0.3 is 12.0 Å². The summed E-state index contributed by atoms with van der Waals surface area (Å²) in [5.74, 6) is -3.15. The van der Waals surface area contributed by atoms with Gasteiger partial charge in [-0.25, -0.2) is 14.0 Å². The third kappa shape index (κ3) is 6.41. The van der Waals surface area contributed by atoms with Crippen LogP contribution in [0.1, 0.15) is 34.3 Å². The summed E-state index contributed by atoms with van der Waals surface area (Å²) in [4.78, 5) is 37.6. The van der Waals surface area contributed by atoms with Gasteiger partial charge in [-0.2, -0.15) is 0 Å². The number of hydrogen-bond donors (Lipinski definition) is 3. The first-order valence-corrected chi connectivity index (χ1v) is 12.4. The number of halogens is 2. The highest BCUT2D eigenvalue weighted by Crippen LogP contribution is 2.33. The van der Waals surface area contributed by atoms with Crippen LogP contribution in [0.5, 0.6) is 5.75 Å². The van der Waals surface area contributed by atoms with Gasteiger partial charge in [-0.3, -0.25) is 4.79 Å². The van der Waals surface area contributed by atoms with E-state index in [1.807, 2.05) is 25.1 Å². The molecule has 1 heterocycles. The van der Waals surface area contributed by atoms with Gasteiger partial charge in [0.05, 0.1) is 22.7 Å². The molecule has 4 rings (SSSR count). The molecule has 3 aromatic carbocycles. The highest BCUT2D eigenvalue weighted by Gasteiger charge is 2.44. The van der Waals surface area contributed by atoms with E-state index in [0.29, 0.717) is 29.1 Å². The summed E-state index contributed by atoms with van der Waals surface area (Å²) in [6, 6.07) is 17.4. The zero-order valence-electron chi connectivity index (χ0n) is 20.7. The second-order valence-electron chi connectivity index (χ2n) is 9.07. The van der Waals surface area contributed by atoms with Gasteiger partial charge in [0, 0.05) is 18.7 Å². The number of anilines is 2. The minimum absolute atomic E-state index is 0.0750. The number of carboxylic acid groups (broad SMARTS) is 1. The van der Waals surface area contributed by atoms with Crippen LogP contribution < -0.4 is 15.4 Å². The fraction of sp³-hybridized carbons (Fsp3) is 0.250. The molecule has 0 saturated carbocycles. The molecule has 38 heavy (non-hydrogen) atoms. The first-order valence-electron chi connectivity index (χ1n) is 12.0.